The van der Waals surface area contributed by atoms with Crippen LogP contribution in [0, 0.1) is 10.1 Å². The van der Waals surface area contributed by atoms with E-state index in [1.165, 1.54) is 30.3 Å². The van der Waals surface area contributed by atoms with Crippen LogP contribution in [0.1, 0.15) is 21.5 Å². The number of benzene rings is 2. The molecule has 6 heteroatoms. The maximum absolute atomic E-state index is 12.3. The molecule has 110 valence electrons. The van der Waals surface area contributed by atoms with Crippen molar-refractivity contribution >= 4 is 29.1 Å². The quantitative estimate of drug-likeness (QED) is 0.519. The van der Waals surface area contributed by atoms with Crippen LogP contribution in [0.25, 0.3) is 6.08 Å². The number of halogens is 1. The van der Waals surface area contributed by atoms with Gasteiger partial charge in [-0.25, -0.2) is 0 Å². The molecule has 0 spiro atoms. The molecule has 0 aliphatic heterocycles. The number of aromatic hydroxyl groups is 1. The lowest BCUT2D eigenvalue weighted by Crippen LogP contribution is -1.95. The van der Waals surface area contributed by atoms with Crippen LogP contribution in [-0.4, -0.2) is 15.8 Å². The van der Waals surface area contributed by atoms with Crippen LogP contribution >= 0.6 is 11.6 Å². The summed E-state index contributed by atoms with van der Waals surface area (Å²) in [5.41, 5.74) is 1.78. The van der Waals surface area contributed by atoms with Crippen LogP contribution in [0.4, 0.5) is 5.69 Å². The summed E-state index contributed by atoms with van der Waals surface area (Å²) < 4.78 is 0. The molecule has 2 aromatic rings. The van der Waals surface area contributed by atoms with E-state index < -0.39 is 4.92 Å². The monoisotopic (exact) mass is 315 g/mol. The van der Waals surface area contributed by atoms with Crippen molar-refractivity contribution in [3.05, 3.63) is 73.8 Å². The smallest absolute Gasteiger partial charge is 0.270 e. The number of carbonyl (C=O) groups is 1. The van der Waals surface area contributed by atoms with E-state index in [0.717, 1.165) is 0 Å². The average Bonchev–Trinajstić information content (AvgIpc) is 2.80. The SMILES string of the molecule is O=C1C(=Cc2cc([N+](=O)[O-])ccc2Cl)Cc2c(O)cccc21. The Morgan fingerprint density at radius 2 is 2.05 bits per heavy atom. The number of ketones is 1. The van der Waals surface area contributed by atoms with Gasteiger partial charge in [0.25, 0.3) is 5.69 Å². The van der Waals surface area contributed by atoms with Gasteiger partial charge in [-0.15, -0.1) is 0 Å². The second kappa shape index (κ2) is 5.27. The van der Waals surface area contributed by atoms with E-state index in [1.54, 1.807) is 12.1 Å². The minimum absolute atomic E-state index is 0.0689. The number of nitrogens with zero attached hydrogens (tertiary/aromatic N) is 1. The van der Waals surface area contributed by atoms with Crippen molar-refractivity contribution < 1.29 is 14.8 Å². The molecule has 2 aromatic carbocycles. The molecule has 0 bridgehead atoms. The molecule has 1 aliphatic carbocycles. The van der Waals surface area contributed by atoms with Crippen LogP contribution in [0.5, 0.6) is 5.75 Å². The molecule has 0 radical (unpaired) electrons. The Morgan fingerprint density at radius 1 is 1.27 bits per heavy atom. The Hall–Kier alpha value is -2.66. The molecule has 0 heterocycles. The Balaban J connectivity index is 2.05. The van der Waals surface area contributed by atoms with Gasteiger partial charge >= 0.3 is 0 Å². The number of Topliss-reactive ketones (excluding diaryl/α,β-unsaturated/α-hetero) is 1. The molecule has 0 amide bonds. The summed E-state index contributed by atoms with van der Waals surface area (Å²) in [5, 5.41) is 21.0. The average molecular weight is 316 g/mol. The summed E-state index contributed by atoms with van der Waals surface area (Å²) in [7, 11) is 0. The van der Waals surface area contributed by atoms with Crippen LogP contribution in [0.3, 0.4) is 0 Å². The molecule has 1 aliphatic rings. The summed E-state index contributed by atoms with van der Waals surface area (Å²) in [6, 6.07) is 8.83. The third-order valence-electron chi connectivity index (χ3n) is 3.57. The van der Waals surface area contributed by atoms with Gasteiger partial charge in [-0.3, -0.25) is 14.9 Å². The first-order valence-electron chi connectivity index (χ1n) is 6.47. The minimum Gasteiger partial charge on any atom is -0.508 e. The minimum atomic E-state index is -0.518. The largest absolute Gasteiger partial charge is 0.508 e. The normalized spacial score (nSPS) is 15.1. The second-order valence-electron chi connectivity index (χ2n) is 4.94. The molecular weight excluding hydrogens is 306 g/mol. The van der Waals surface area contributed by atoms with E-state index >= 15 is 0 Å². The molecule has 3 rings (SSSR count). The topological polar surface area (TPSA) is 80.4 Å². The van der Waals surface area contributed by atoms with E-state index in [9.17, 15) is 20.0 Å². The molecule has 5 nitrogen and oxygen atoms in total. The first-order valence-corrected chi connectivity index (χ1v) is 6.85. The summed E-state index contributed by atoms with van der Waals surface area (Å²) in [6.07, 6.45) is 1.82. The number of non-ortho nitro benzene ring substituents is 1. The van der Waals surface area contributed by atoms with Gasteiger partial charge in [0, 0.05) is 45.8 Å². The lowest BCUT2D eigenvalue weighted by molar-refractivity contribution is -0.384. The third-order valence-corrected chi connectivity index (χ3v) is 3.92. The van der Waals surface area contributed by atoms with Gasteiger partial charge in [-0.1, -0.05) is 23.7 Å². The predicted octanol–water partition coefficient (Wildman–Crippen LogP) is 3.78. The molecule has 0 saturated heterocycles. The highest BCUT2D eigenvalue weighted by Crippen LogP contribution is 2.34. The van der Waals surface area contributed by atoms with Crippen LogP contribution in [0.15, 0.2) is 42.0 Å². The van der Waals surface area contributed by atoms with Gasteiger partial charge in [0.15, 0.2) is 5.78 Å². The zero-order chi connectivity index (χ0) is 15.9. The first kappa shape index (κ1) is 14.3. The zero-order valence-corrected chi connectivity index (χ0v) is 12.0. The number of carbonyl (C=O) groups excluding carboxylic acids is 1. The van der Waals surface area contributed by atoms with Crippen LogP contribution in [-0.2, 0) is 6.42 Å². The Kier molecular flexibility index (Phi) is 3.42. The Labute approximate surface area is 130 Å². The standard InChI is InChI=1S/C16H10ClNO4/c17-14-5-4-11(18(21)22)7-9(14)6-10-8-13-12(16(10)20)2-1-3-15(13)19/h1-7,19H,8H2. The third kappa shape index (κ3) is 2.35. The number of rotatable bonds is 2. The van der Waals surface area contributed by atoms with Crippen LogP contribution < -0.4 is 0 Å². The highest BCUT2D eigenvalue weighted by molar-refractivity contribution is 6.32. The van der Waals surface area contributed by atoms with Crippen molar-refractivity contribution in [2.45, 2.75) is 6.42 Å². The van der Waals surface area contributed by atoms with Crippen molar-refractivity contribution in [1.29, 1.82) is 0 Å². The number of phenolic OH excluding ortho intramolecular Hbond substituents is 1. The Morgan fingerprint density at radius 3 is 2.73 bits per heavy atom. The number of nitro benzene ring substituents is 1. The zero-order valence-electron chi connectivity index (χ0n) is 11.2. The summed E-state index contributed by atoms with van der Waals surface area (Å²) in [4.78, 5) is 22.6. The van der Waals surface area contributed by atoms with E-state index in [1.807, 2.05) is 0 Å². The van der Waals surface area contributed by atoms with Crippen molar-refractivity contribution in [2.75, 3.05) is 0 Å². The molecule has 0 fully saturated rings. The fourth-order valence-corrected chi connectivity index (χ4v) is 2.65. The second-order valence-corrected chi connectivity index (χ2v) is 5.35. The van der Waals surface area contributed by atoms with Crippen LogP contribution in [0.2, 0.25) is 5.02 Å². The number of hydrogen-bond acceptors (Lipinski definition) is 4. The summed E-state index contributed by atoms with van der Waals surface area (Å²) >= 11 is 6.04. The maximum atomic E-state index is 12.3. The van der Waals surface area contributed by atoms with Gasteiger partial charge in [0.1, 0.15) is 5.75 Å². The molecular formula is C16H10ClNO4. The molecule has 22 heavy (non-hydrogen) atoms. The molecule has 0 atom stereocenters. The molecule has 0 unspecified atom stereocenters. The van der Waals surface area contributed by atoms with Gasteiger partial charge in [-0.05, 0) is 18.2 Å². The lowest BCUT2D eigenvalue weighted by Gasteiger charge is -2.00. The fourth-order valence-electron chi connectivity index (χ4n) is 2.48. The highest BCUT2D eigenvalue weighted by Gasteiger charge is 2.27. The number of phenols is 1. The first-order chi connectivity index (χ1) is 10.5. The molecule has 0 saturated carbocycles. The summed E-state index contributed by atoms with van der Waals surface area (Å²) in [6.45, 7) is 0. The number of allylic oxidation sites excluding steroid dienone is 1. The summed E-state index contributed by atoms with van der Waals surface area (Å²) in [5.74, 6) is -0.132. The van der Waals surface area contributed by atoms with Crippen molar-refractivity contribution in [2.24, 2.45) is 0 Å². The Bertz CT molecular complexity index is 842. The van der Waals surface area contributed by atoms with Crippen molar-refractivity contribution in [3.8, 4) is 5.75 Å². The molecule has 0 aromatic heterocycles. The molecule has 1 N–H and O–H groups in total. The van der Waals surface area contributed by atoms with Crippen molar-refractivity contribution in [3.63, 3.8) is 0 Å². The van der Waals surface area contributed by atoms with Gasteiger partial charge < -0.3 is 5.11 Å². The van der Waals surface area contributed by atoms with E-state index in [2.05, 4.69) is 0 Å². The highest BCUT2D eigenvalue weighted by atomic mass is 35.5. The predicted molar refractivity (Wildman–Crippen MR) is 82.2 cm³/mol. The fraction of sp³-hybridized carbons (Fsp3) is 0.0625. The lowest BCUT2D eigenvalue weighted by atomic mass is 10.1. The van der Waals surface area contributed by atoms with E-state index in [0.29, 0.717) is 27.3 Å². The number of fused-ring (bicyclic) bond motifs is 1. The van der Waals surface area contributed by atoms with E-state index in [4.69, 9.17) is 11.6 Å². The van der Waals surface area contributed by atoms with E-state index in [-0.39, 0.29) is 23.6 Å². The van der Waals surface area contributed by atoms with Gasteiger partial charge in [0.05, 0.1) is 4.92 Å². The maximum Gasteiger partial charge on any atom is 0.270 e. The number of hydrogen-bond donors (Lipinski definition) is 1. The van der Waals surface area contributed by atoms with Gasteiger partial charge in [-0.2, -0.15) is 0 Å². The van der Waals surface area contributed by atoms with Crippen molar-refractivity contribution in [1.82, 2.24) is 0 Å². The number of nitro groups is 1. The van der Waals surface area contributed by atoms with Gasteiger partial charge in [0.2, 0.25) is 0 Å².